The van der Waals surface area contributed by atoms with Gasteiger partial charge in [0.1, 0.15) is 0 Å². The molecule has 128 valence electrons. The molecular weight excluding hydrogens is 346 g/mol. The summed E-state index contributed by atoms with van der Waals surface area (Å²) in [6.45, 7) is 1.17. The van der Waals surface area contributed by atoms with E-state index in [1.807, 2.05) is 37.2 Å². The fourth-order valence-corrected chi connectivity index (χ4v) is 4.14. The molecule has 2 aromatic heterocycles. The lowest BCUT2D eigenvalue weighted by molar-refractivity contribution is -0.132. The molecule has 1 atom stereocenters. The molecular formula is C15H19N5O2S2. The Hall–Kier alpha value is -1.84. The Morgan fingerprint density at radius 3 is 2.29 bits per heavy atom. The van der Waals surface area contributed by atoms with E-state index >= 15 is 0 Å². The molecule has 0 saturated carbocycles. The van der Waals surface area contributed by atoms with Crippen molar-refractivity contribution in [2.45, 2.75) is 12.8 Å². The second-order valence-corrected chi connectivity index (χ2v) is 7.65. The first-order valence-corrected chi connectivity index (χ1v) is 9.34. The van der Waals surface area contributed by atoms with Crippen molar-refractivity contribution >= 4 is 34.5 Å². The zero-order chi connectivity index (χ0) is 17.2. The summed E-state index contributed by atoms with van der Waals surface area (Å²) in [6, 6.07) is 0. The molecule has 24 heavy (non-hydrogen) atoms. The second kappa shape index (κ2) is 6.96. The lowest BCUT2D eigenvalue weighted by atomic mass is 9.82. The highest BCUT2D eigenvalue weighted by Gasteiger charge is 2.43. The molecule has 0 aliphatic carbocycles. The van der Waals surface area contributed by atoms with Crippen LogP contribution >= 0.6 is 22.7 Å². The minimum absolute atomic E-state index is 0.0787. The largest absolute Gasteiger partial charge is 0.327 e. The van der Waals surface area contributed by atoms with E-state index in [-0.39, 0.29) is 18.2 Å². The number of nitrogens with zero attached hydrogens (tertiary/aromatic N) is 4. The van der Waals surface area contributed by atoms with Crippen molar-refractivity contribution < 1.29 is 9.59 Å². The van der Waals surface area contributed by atoms with E-state index < -0.39 is 5.41 Å². The molecule has 0 bridgehead atoms. The Bertz CT molecular complexity index is 880. The lowest BCUT2D eigenvalue weighted by Crippen LogP contribution is -2.36. The van der Waals surface area contributed by atoms with Crippen LogP contribution in [0.25, 0.3) is 0 Å². The summed E-state index contributed by atoms with van der Waals surface area (Å²) >= 11 is 2.80. The standard InChI is InChI=1S/C15H19N5O2S2/c1-19-5-7-23-13(19)17-11(21)9-15(3-4-16-10-15)12(22)18-14-20(2)6-8-24-14/h5-8,16H,3-4,9-10H2,1-2H3. The third kappa shape index (κ3) is 3.47. The first kappa shape index (κ1) is 17.0. The number of amides is 2. The summed E-state index contributed by atoms with van der Waals surface area (Å²) < 4.78 is 3.59. The van der Waals surface area contributed by atoms with E-state index in [0.29, 0.717) is 29.1 Å². The van der Waals surface area contributed by atoms with Crippen molar-refractivity contribution in [1.29, 1.82) is 0 Å². The fourth-order valence-electron chi connectivity index (χ4n) is 2.66. The topological polar surface area (TPSA) is 80.8 Å². The average Bonchev–Trinajstić information content (AvgIpc) is 3.25. The van der Waals surface area contributed by atoms with Crippen LogP contribution in [-0.2, 0) is 23.7 Å². The summed E-state index contributed by atoms with van der Waals surface area (Å²) in [5, 5.41) is 6.93. The number of carbonyl (C=O) groups is 2. The molecule has 7 nitrogen and oxygen atoms in total. The van der Waals surface area contributed by atoms with Crippen LogP contribution in [0.1, 0.15) is 12.8 Å². The van der Waals surface area contributed by atoms with Crippen molar-refractivity contribution in [3.05, 3.63) is 32.8 Å². The van der Waals surface area contributed by atoms with Crippen molar-refractivity contribution in [3.63, 3.8) is 0 Å². The van der Waals surface area contributed by atoms with Gasteiger partial charge >= 0.3 is 0 Å². The van der Waals surface area contributed by atoms with Gasteiger partial charge in [-0.1, -0.05) is 0 Å². The molecule has 0 radical (unpaired) electrons. The Kier molecular flexibility index (Phi) is 4.93. The SMILES string of the molecule is Cn1ccsc1=NC(=O)CC1(C(=O)N=c2sccn2C)CCNC1. The molecule has 0 spiro atoms. The number of aryl methyl sites for hydroxylation is 2. The Morgan fingerprint density at radius 2 is 1.79 bits per heavy atom. The highest BCUT2D eigenvalue weighted by molar-refractivity contribution is 7.07. The van der Waals surface area contributed by atoms with Gasteiger partial charge in [-0.2, -0.15) is 9.98 Å². The minimum Gasteiger partial charge on any atom is -0.327 e. The summed E-state index contributed by atoms with van der Waals surface area (Å²) in [4.78, 5) is 34.8. The fraction of sp³-hybridized carbons (Fsp3) is 0.467. The molecule has 2 amide bonds. The maximum atomic E-state index is 12.8. The van der Waals surface area contributed by atoms with Crippen molar-refractivity contribution in [2.24, 2.45) is 29.5 Å². The minimum atomic E-state index is -0.798. The smallest absolute Gasteiger partial charge is 0.256 e. The molecule has 9 heteroatoms. The Morgan fingerprint density at radius 1 is 1.17 bits per heavy atom. The van der Waals surface area contributed by atoms with Gasteiger partial charge in [0.05, 0.1) is 5.41 Å². The molecule has 1 fully saturated rings. The van der Waals surface area contributed by atoms with Crippen molar-refractivity contribution in [3.8, 4) is 0 Å². The van der Waals surface area contributed by atoms with Crippen LogP contribution in [0, 0.1) is 5.41 Å². The van der Waals surface area contributed by atoms with Gasteiger partial charge in [0.25, 0.3) is 5.91 Å². The van der Waals surface area contributed by atoms with Crippen LogP contribution in [-0.4, -0.2) is 34.0 Å². The third-order valence-electron chi connectivity index (χ3n) is 4.12. The predicted octanol–water partition coefficient (Wildman–Crippen LogP) is 0.411. The van der Waals surface area contributed by atoms with Crippen LogP contribution in [0.15, 0.2) is 33.1 Å². The molecule has 3 heterocycles. The van der Waals surface area contributed by atoms with Gasteiger partial charge in [-0.25, -0.2) is 0 Å². The number of hydrogen-bond donors (Lipinski definition) is 1. The Balaban J connectivity index is 1.87. The van der Waals surface area contributed by atoms with Crippen LogP contribution < -0.4 is 14.9 Å². The molecule has 2 aromatic rings. The van der Waals surface area contributed by atoms with Crippen LogP contribution in [0.4, 0.5) is 0 Å². The number of carbonyl (C=O) groups excluding carboxylic acids is 2. The summed E-state index contributed by atoms with van der Waals surface area (Å²) in [6.07, 6.45) is 4.38. The number of nitrogens with one attached hydrogen (secondary N) is 1. The van der Waals surface area contributed by atoms with E-state index in [4.69, 9.17) is 0 Å². The average molecular weight is 365 g/mol. The van der Waals surface area contributed by atoms with Crippen LogP contribution in [0.3, 0.4) is 0 Å². The maximum Gasteiger partial charge on any atom is 0.256 e. The van der Waals surface area contributed by atoms with Gasteiger partial charge in [0.15, 0.2) is 9.60 Å². The molecule has 1 aliphatic rings. The summed E-state index contributed by atoms with van der Waals surface area (Å²) in [5.74, 6) is -0.527. The highest BCUT2D eigenvalue weighted by Crippen LogP contribution is 2.31. The molecule has 0 aromatic carbocycles. The normalized spacial score (nSPS) is 22.2. The summed E-state index contributed by atoms with van der Waals surface area (Å²) in [7, 11) is 3.69. The Labute approximate surface area is 147 Å². The first-order chi connectivity index (χ1) is 11.5. The molecule has 1 saturated heterocycles. The molecule has 1 aliphatic heterocycles. The van der Waals surface area contributed by atoms with Gasteiger partial charge in [-0.3, -0.25) is 9.59 Å². The second-order valence-electron chi connectivity index (χ2n) is 5.90. The number of rotatable bonds is 3. The van der Waals surface area contributed by atoms with E-state index in [2.05, 4.69) is 15.3 Å². The maximum absolute atomic E-state index is 12.8. The number of hydrogen-bond acceptors (Lipinski definition) is 5. The zero-order valence-corrected chi connectivity index (χ0v) is 15.2. The third-order valence-corrected chi connectivity index (χ3v) is 5.82. The van der Waals surface area contributed by atoms with E-state index in [0.717, 1.165) is 0 Å². The van der Waals surface area contributed by atoms with Gasteiger partial charge in [-0.05, 0) is 13.0 Å². The first-order valence-electron chi connectivity index (χ1n) is 7.58. The lowest BCUT2D eigenvalue weighted by Gasteiger charge is -2.21. The van der Waals surface area contributed by atoms with Crippen molar-refractivity contribution in [2.75, 3.05) is 13.1 Å². The predicted molar refractivity (Wildman–Crippen MR) is 92.3 cm³/mol. The van der Waals surface area contributed by atoms with Gasteiger partial charge in [-0.15, -0.1) is 22.7 Å². The molecule has 3 rings (SSSR count). The molecule has 1 N–H and O–H groups in total. The quantitative estimate of drug-likeness (QED) is 0.856. The van der Waals surface area contributed by atoms with E-state index in [1.54, 1.807) is 9.13 Å². The number of aromatic nitrogens is 2. The monoisotopic (exact) mass is 365 g/mol. The van der Waals surface area contributed by atoms with Crippen molar-refractivity contribution in [1.82, 2.24) is 14.5 Å². The van der Waals surface area contributed by atoms with Crippen LogP contribution in [0.2, 0.25) is 0 Å². The van der Waals surface area contributed by atoms with Gasteiger partial charge < -0.3 is 14.5 Å². The zero-order valence-electron chi connectivity index (χ0n) is 13.6. The highest BCUT2D eigenvalue weighted by atomic mass is 32.1. The van der Waals surface area contributed by atoms with Gasteiger partial charge in [0.2, 0.25) is 5.91 Å². The summed E-state index contributed by atoms with van der Waals surface area (Å²) in [5.41, 5.74) is -0.798. The van der Waals surface area contributed by atoms with Crippen LogP contribution in [0.5, 0.6) is 0 Å². The number of thiazole rings is 2. The van der Waals surface area contributed by atoms with E-state index in [1.165, 1.54) is 22.7 Å². The molecule has 1 unspecified atom stereocenters. The van der Waals surface area contributed by atoms with Gasteiger partial charge in [0, 0.05) is 50.2 Å². The van der Waals surface area contributed by atoms with E-state index in [9.17, 15) is 9.59 Å².